The van der Waals surface area contributed by atoms with E-state index in [1.54, 1.807) is 24.2 Å². The molecule has 4 heteroatoms. The van der Waals surface area contributed by atoms with E-state index in [-0.39, 0.29) is 6.04 Å². The largest absolute Gasteiger partial charge is 0.324 e. The molecule has 0 spiro atoms. The van der Waals surface area contributed by atoms with Crippen molar-refractivity contribution < 1.29 is 0 Å². The van der Waals surface area contributed by atoms with Gasteiger partial charge in [-0.2, -0.15) is 0 Å². The van der Waals surface area contributed by atoms with Gasteiger partial charge in [0, 0.05) is 29.5 Å². The summed E-state index contributed by atoms with van der Waals surface area (Å²) in [5.74, 6) is 0. The smallest absolute Gasteiger partial charge is 0.101 e. The zero-order valence-electron chi connectivity index (χ0n) is 9.00. The summed E-state index contributed by atoms with van der Waals surface area (Å²) in [6.45, 7) is 1.95. The molecule has 2 aromatic heterocycles. The molecule has 0 saturated carbocycles. The van der Waals surface area contributed by atoms with Crippen molar-refractivity contribution in [2.45, 2.75) is 22.9 Å². The monoisotopic (exact) mass is 231 g/mol. The molecule has 2 N–H and O–H groups in total. The Labute approximate surface area is 99.1 Å². The lowest BCUT2D eigenvalue weighted by molar-refractivity contribution is 0.806. The van der Waals surface area contributed by atoms with Crippen LogP contribution in [0.5, 0.6) is 0 Å². The third kappa shape index (κ3) is 2.81. The summed E-state index contributed by atoms with van der Waals surface area (Å²) in [5, 5.41) is 0.968. The number of hydrogen-bond donors (Lipinski definition) is 1. The summed E-state index contributed by atoms with van der Waals surface area (Å²) in [6, 6.07) is 7.97. The van der Waals surface area contributed by atoms with Crippen LogP contribution in [-0.4, -0.2) is 9.97 Å². The van der Waals surface area contributed by atoms with Gasteiger partial charge in [0.2, 0.25) is 0 Å². The average molecular weight is 231 g/mol. The lowest BCUT2D eigenvalue weighted by atomic mass is 10.2. The Balaban J connectivity index is 2.11. The Morgan fingerprint density at radius 2 is 1.94 bits per heavy atom. The first kappa shape index (κ1) is 11.1. The second-order valence-corrected chi connectivity index (χ2v) is 4.60. The fraction of sp³-hybridized carbons (Fsp3) is 0.167. The minimum Gasteiger partial charge on any atom is -0.324 e. The molecule has 2 aromatic rings. The lowest BCUT2D eigenvalue weighted by Gasteiger charge is -2.05. The quantitative estimate of drug-likeness (QED) is 0.882. The number of hydrogen-bond acceptors (Lipinski definition) is 4. The van der Waals surface area contributed by atoms with Crippen molar-refractivity contribution in [1.29, 1.82) is 0 Å². The molecule has 16 heavy (non-hydrogen) atoms. The highest BCUT2D eigenvalue weighted by molar-refractivity contribution is 7.99. The summed E-state index contributed by atoms with van der Waals surface area (Å²) >= 11 is 1.62. The molecule has 0 amide bonds. The van der Waals surface area contributed by atoms with Crippen LogP contribution in [0.1, 0.15) is 18.5 Å². The molecule has 0 aliphatic heterocycles. The van der Waals surface area contributed by atoms with E-state index >= 15 is 0 Å². The molecule has 1 atom stereocenters. The second-order valence-electron chi connectivity index (χ2n) is 3.50. The predicted molar refractivity (Wildman–Crippen MR) is 65.2 cm³/mol. The first-order chi connectivity index (χ1) is 7.75. The van der Waals surface area contributed by atoms with Gasteiger partial charge in [-0.25, -0.2) is 4.98 Å². The normalized spacial score (nSPS) is 12.4. The van der Waals surface area contributed by atoms with E-state index in [0.29, 0.717) is 0 Å². The van der Waals surface area contributed by atoms with Crippen molar-refractivity contribution in [2.24, 2.45) is 5.73 Å². The predicted octanol–water partition coefficient (Wildman–Crippen LogP) is 2.65. The maximum Gasteiger partial charge on any atom is 0.101 e. The van der Waals surface area contributed by atoms with Crippen LogP contribution in [0.4, 0.5) is 0 Å². The van der Waals surface area contributed by atoms with Crippen LogP contribution < -0.4 is 5.73 Å². The lowest BCUT2D eigenvalue weighted by Crippen LogP contribution is -2.04. The number of rotatable bonds is 3. The molecule has 0 bridgehead atoms. The maximum atomic E-state index is 5.76. The van der Waals surface area contributed by atoms with Crippen LogP contribution in [0.2, 0.25) is 0 Å². The van der Waals surface area contributed by atoms with Gasteiger partial charge in [-0.15, -0.1) is 0 Å². The Hall–Kier alpha value is -1.39. The van der Waals surface area contributed by atoms with Crippen LogP contribution >= 0.6 is 11.8 Å². The van der Waals surface area contributed by atoms with Crippen LogP contribution in [0.25, 0.3) is 0 Å². The van der Waals surface area contributed by atoms with Crippen molar-refractivity contribution in [1.82, 2.24) is 9.97 Å². The zero-order chi connectivity index (χ0) is 11.4. The molecule has 3 nitrogen and oxygen atoms in total. The molecule has 0 aliphatic rings. The van der Waals surface area contributed by atoms with Crippen molar-refractivity contribution in [2.75, 3.05) is 0 Å². The van der Waals surface area contributed by atoms with E-state index in [9.17, 15) is 0 Å². The van der Waals surface area contributed by atoms with Gasteiger partial charge in [-0.05, 0) is 30.7 Å². The van der Waals surface area contributed by atoms with Gasteiger partial charge in [0.15, 0.2) is 0 Å². The number of nitrogens with two attached hydrogens (primary N) is 1. The van der Waals surface area contributed by atoms with Gasteiger partial charge in [0.25, 0.3) is 0 Å². The van der Waals surface area contributed by atoms with Gasteiger partial charge in [-0.3, -0.25) is 4.98 Å². The van der Waals surface area contributed by atoms with Crippen LogP contribution in [0.3, 0.4) is 0 Å². The maximum absolute atomic E-state index is 5.76. The third-order valence-corrected chi connectivity index (χ3v) is 3.12. The van der Waals surface area contributed by atoms with Crippen molar-refractivity contribution in [3.05, 3.63) is 48.4 Å². The second kappa shape index (κ2) is 5.09. The average Bonchev–Trinajstić information content (AvgIpc) is 2.31. The molecule has 2 rings (SSSR count). The molecular weight excluding hydrogens is 218 g/mol. The van der Waals surface area contributed by atoms with Gasteiger partial charge < -0.3 is 5.73 Å². The Morgan fingerprint density at radius 3 is 2.50 bits per heavy atom. The van der Waals surface area contributed by atoms with Crippen molar-refractivity contribution >= 4 is 11.8 Å². The molecule has 82 valence electrons. The summed E-state index contributed by atoms with van der Waals surface area (Å²) in [6.07, 6.45) is 5.38. The Morgan fingerprint density at radius 1 is 1.19 bits per heavy atom. The zero-order valence-corrected chi connectivity index (χ0v) is 9.82. The number of nitrogens with zero attached hydrogens (tertiary/aromatic N) is 2. The van der Waals surface area contributed by atoms with E-state index in [0.717, 1.165) is 15.5 Å². The van der Waals surface area contributed by atoms with E-state index in [1.807, 2.05) is 37.4 Å². The van der Waals surface area contributed by atoms with Gasteiger partial charge >= 0.3 is 0 Å². The van der Waals surface area contributed by atoms with Gasteiger partial charge in [0.1, 0.15) is 5.03 Å². The molecule has 0 fully saturated rings. The van der Waals surface area contributed by atoms with Crippen molar-refractivity contribution in [3.8, 4) is 0 Å². The van der Waals surface area contributed by atoms with E-state index < -0.39 is 0 Å². The summed E-state index contributed by atoms with van der Waals surface area (Å²) in [4.78, 5) is 9.47. The highest BCUT2D eigenvalue weighted by atomic mass is 32.2. The summed E-state index contributed by atoms with van der Waals surface area (Å²) in [5.41, 5.74) is 6.82. The minimum atomic E-state index is 0.0347. The highest BCUT2D eigenvalue weighted by Crippen LogP contribution is 2.25. The fourth-order valence-electron chi connectivity index (χ4n) is 1.25. The first-order valence-electron chi connectivity index (χ1n) is 5.05. The molecule has 0 radical (unpaired) electrons. The van der Waals surface area contributed by atoms with Gasteiger partial charge in [0.05, 0.1) is 0 Å². The number of pyridine rings is 2. The molecule has 2 heterocycles. The Kier molecular flexibility index (Phi) is 3.54. The molecule has 0 aliphatic carbocycles. The Bertz CT molecular complexity index is 440. The topological polar surface area (TPSA) is 51.8 Å². The summed E-state index contributed by atoms with van der Waals surface area (Å²) < 4.78 is 0. The molecule has 0 unspecified atom stereocenters. The fourth-order valence-corrected chi connectivity index (χ4v) is 1.99. The standard InChI is InChI=1S/C12H13N3S/c1-9(13)10-2-3-12(15-8-10)16-11-4-6-14-7-5-11/h2-9H,13H2,1H3/t9-/m0/s1. The highest BCUT2D eigenvalue weighted by Gasteiger charge is 2.01. The molecule has 0 saturated heterocycles. The first-order valence-corrected chi connectivity index (χ1v) is 5.87. The summed E-state index contributed by atoms with van der Waals surface area (Å²) in [7, 11) is 0. The molecular formula is C12H13N3S. The third-order valence-electron chi connectivity index (χ3n) is 2.16. The minimum absolute atomic E-state index is 0.0347. The van der Waals surface area contributed by atoms with Crippen LogP contribution in [-0.2, 0) is 0 Å². The van der Waals surface area contributed by atoms with E-state index in [2.05, 4.69) is 9.97 Å². The van der Waals surface area contributed by atoms with E-state index in [1.165, 1.54) is 0 Å². The molecule has 0 aromatic carbocycles. The van der Waals surface area contributed by atoms with Crippen molar-refractivity contribution in [3.63, 3.8) is 0 Å². The van der Waals surface area contributed by atoms with E-state index in [4.69, 9.17) is 5.73 Å². The van der Waals surface area contributed by atoms with Crippen LogP contribution in [0, 0.1) is 0 Å². The van der Waals surface area contributed by atoms with Gasteiger partial charge in [-0.1, -0.05) is 17.8 Å². The SMILES string of the molecule is C[C@H](N)c1ccc(Sc2ccncc2)nc1. The number of aromatic nitrogens is 2. The van der Waals surface area contributed by atoms with Crippen LogP contribution in [0.15, 0.2) is 52.8 Å².